The minimum Gasteiger partial charge on any atom is -0.388 e. The van der Waals surface area contributed by atoms with E-state index in [1.165, 1.54) is 21.0 Å². The zero-order valence-electron chi connectivity index (χ0n) is 24.6. The molecule has 2 heterocycles. The molecule has 2 fully saturated rings. The quantitative estimate of drug-likeness (QED) is 0.0561. The first-order valence-corrected chi connectivity index (χ1v) is 15.7. The Hall–Kier alpha value is -1.35. The number of rotatable bonds is 18. The number of amides is 2. The van der Waals surface area contributed by atoms with Crippen molar-refractivity contribution in [2.24, 2.45) is 0 Å². The van der Waals surface area contributed by atoms with Crippen molar-refractivity contribution in [3.05, 3.63) is 0 Å². The van der Waals surface area contributed by atoms with Crippen molar-refractivity contribution < 1.29 is 77.2 Å². The average Bonchev–Trinajstić information content (AvgIpc) is 2.92. The molecule has 2 rings (SSSR count). The van der Waals surface area contributed by atoms with Gasteiger partial charge in [0.2, 0.25) is 11.8 Å². The van der Waals surface area contributed by atoms with Gasteiger partial charge in [0.25, 0.3) is 0 Å². The smallest absolute Gasteiger partial charge is 0.325 e. The van der Waals surface area contributed by atoms with Gasteiger partial charge in [0.05, 0.1) is 52.9 Å². The summed E-state index contributed by atoms with van der Waals surface area (Å²) in [5, 5.41) is 47.2. The van der Waals surface area contributed by atoms with E-state index in [0.29, 0.717) is 0 Å². The summed E-state index contributed by atoms with van der Waals surface area (Å²) in [5.41, 5.74) is 0. The maximum atomic E-state index is 11.7. The lowest BCUT2D eigenvalue weighted by atomic mass is 9.97. The predicted octanol–water partition coefficient (Wildman–Crippen LogP) is -3.57. The molecule has 0 aromatic rings. The van der Waals surface area contributed by atoms with Gasteiger partial charge in [0.1, 0.15) is 48.7 Å². The van der Waals surface area contributed by atoms with Crippen LogP contribution in [0.2, 0.25) is 0 Å². The van der Waals surface area contributed by atoms with Gasteiger partial charge in [-0.1, -0.05) is 0 Å². The van der Waals surface area contributed by atoms with Crippen LogP contribution >= 0.6 is 7.60 Å². The third-order valence-corrected chi connectivity index (χ3v) is 7.01. The molecule has 18 nitrogen and oxygen atoms in total. The average molecular weight is 649 g/mol. The Morgan fingerprint density at radius 1 is 0.721 bits per heavy atom. The summed E-state index contributed by atoms with van der Waals surface area (Å²) in [6.45, 7) is 2.92. The number of hydrogen-bond donors (Lipinski definition) is 7. The summed E-state index contributed by atoms with van der Waals surface area (Å²) in [4.78, 5) is 32.4. The van der Waals surface area contributed by atoms with Crippen molar-refractivity contribution in [1.29, 1.82) is 0 Å². The second-order valence-corrected chi connectivity index (χ2v) is 11.9. The number of carbonyl (C=O) groups is 2. The molecule has 252 valence electrons. The molecule has 7 N–H and O–H groups in total. The second-order valence-electron chi connectivity index (χ2n) is 10.0. The zero-order valence-corrected chi connectivity index (χ0v) is 25.5. The highest BCUT2D eigenvalue weighted by Crippen LogP contribution is 2.36. The Balaban J connectivity index is 1.90. The number of aliphatic hydroxyl groups is 4. The fraction of sp³-hybridized carbons (Fsp3) is 0.917. The molecule has 19 heteroatoms. The van der Waals surface area contributed by atoms with E-state index in [1.54, 1.807) is 0 Å². The second kappa shape index (κ2) is 18.6. The monoisotopic (exact) mass is 648 g/mol. The normalized spacial score (nSPS) is 34.3. The third-order valence-electron chi connectivity index (χ3n) is 6.34. The van der Waals surface area contributed by atoms with Crippen molar-refractivity contribution in [2.75, 3.05) is 66.6 Å². The minimum absolute atomic E-state index is 0.0744. The van der Waals surface area contributed by atoms with Crippen LogP contribution in [0.1, 0.15) is 13.8 Å². The highest BCUT2D eigenvalue weighted by molar-refractivity contribution is 7.51. The standard InChI is InChI=1S/C24H45N2O16P/c1-13(27)25-17-21(31)19(29)15(41-23(17)38-8-5-35-3)11-36-6-9-39-24-18(26-14(2)28)22(32)20(30)16(42-24)12-37-7-10-40-43(4,33)34/h15-24,29-32H,5-12H2,1-4H3,(H,25,27)(H,26,28)(H,33,34). The maximum absolute atomic E-state index is 11.7. The molecular weight excluding hydrogens is 603 g/mol. The molecule has 43 heavy (non-hydrogen) atoms. The van der Waals surface area contributed by atoms with E-state index >= 15 is 0 Å². The number of hydrogen-bond acceptors (Lipinski definition) is 15. The lowest BCUT2D eigenvalue weighted by Crippen LogP contribution is -2.65. The van der Waals surface area contributed by atoms with Crippen LogP contribution in [0.15, 0.2) is 0 Å². The van der Waals surface area contributed by atoms with Gasteiger partial charge < -0.3 is 73.6 Å². The van der Waals surface area contributed by atoms with Crippen LogP contribution in [0.25, 0.3) is 0 Å². The molecule has 2 aliphatic rings. The van der Waals surface area contributed by atoms with E-state index in [9.17, 15) is 34.6 Å². The topological polar surface area (TPSA) is 250 Å². The highest BCUT2D eigenvalue weighted by atomic mass is 31.2. The SMILES string of the molecule is COCCOC1OC(COCCOC2OC(COCCOP(C)(=O)O)C(O)C(O)C2NC(C)=O)C(O)C(O)C1NC(C)=O. The molecule has 0 bridgehead atoms. The predicted molar refractivity (Wildman–Crippen MR) is 144 cm³/mol. The van der Waals surface area contributed by atoms with E-state index in [0.717, 1.165) is 6.66 Å². The molecule has 0 aliphatic carbocycles. The first-order valence-electron chi connectivity index (χ1n) is 13.6. The van der Waals surface area contributed by atoms with Crippen LogP contribution in [0.5, 0.6) is 0 Å². The minimum atomic E-state index is -3.68. The summed E-state index contributed by atoms with van der Waals surface area (Å²) in [7, 11) is -2.20. The molecule has 2 aliphatic heterocycles. The van der Waals surface area contributed by atoms with Crippen molar-refractivity contribution in [3.63, 3.8) is 0 Å². The maximum Gasteiger partial charge on any atom is 0.325 e. The Labute approximate surface area is 249 Å². The van der Waals surface area contributed by atoms with Crippen molar-refractivity contribution in [3.8, 4) is 0 Å². The van der Waals surface area contributed by atoms with Gasteiger partial charge in [0.15, 0.2) is 12.6 Å². The van der Waals surface area contributed by atoms with E-state index in [4.69, 9.17) is 42.6 Å². The van der Waals surface area contributed by atoms with Gasteiger partial charge in [0, 0.05) is 27.6 Å². The fourth-order valence-electron chi connectivity index (χ4n) is 4.33. The molecule has 11 atom stereocenters. The van der Waals surface area contributed by atoms with Crippen LogP contribution in [0, 0.1) is 0 Å². The number of carbonyl (C=O) groups excluding carboxylic acids is 2. The summed E-state index contributed by atoms with van der Waals surface area (Å²) in [6, 6.07) is -2.17. The lowest BCUT2D eigenvalue weighted by Gasteiger charge is -2.43. The number of nitrogens with one attached hydrogen (secondary N) is 2. The fourth-order valence-corrected chi connectivity index (χ4v) is 4.75. The molecule has 0 radical (unpaired) electrons. The molecule has 0 aromatic heterocycles. The van der Waals surface area contributed by atoms with Crippen LogP contribution < -0.4 is 10.6 Å². The first-order chi connectivity index (χ1) is 20.2. The van der Waals surface area contributed by atoms with Crippen molar-refractivity contribution in [1.82, 2.24) is 10.6 Å². The summed E-state index contributed by atoms with van der Waals surface area (Å²) < 4.78 is 54.5. The van der Waals surface area contributed by atoms with E-state index < -0.39 is 80.7 Å². The molecule has 11 unspecified atom stereocenters. The van der Waals surface area contributed by atoms with E-state index in [-0.39, 0.29) is 52.9 Å². The molecule has 0 saturated carbocycles. The Morgan fingerprint density at radius 2 is 1.14 bits per heavy atom. The van der Waals surface area contributed by atoms with Gasteiger partial charge >= 0.3 is 7.60 Å². The molecule has 2 amide bonds. The van der Waals surface area contributed by atoms with E-state index in [1.807, 2.05) is 0 Å². The largest absolute Gasteiger partial charge is 0.388 e. The Kier molecular flexibility index (Phi) is 16.3. The van der Waals surface area contributed by atoms with Gasteiger partial charge in [-0.2, -0.15) is 0 Å². The highest BCUT2D eigenvalue weighted by Gasteiger charge is 2.47. The van der Waals surface area contributed by atoms with Gasteiger partial charge in [-0.25, -0.2) is 0 Å². The third kappa shape index (κ3) is 12.9. The number of ether oxygens (including phenoxy) is 7. The molecular formula is C24H45N2O16P. The van der Waals surface area contributed by atoms with Crippen LogP contribution in [0.3, 0.4) is 0 Å². The van der Waals surface area contributed by atoms with Gasteiger partial charge in [-0.3, -0.25) is 14.2 Å². The zero-order chi connectivity index (χ0) is 32.2. The molecule has 2 saturated heterocycles. The van der Waals surface area contributed by atoms with Crippen LogP contribution in [-0.4, -0.2) is 165 Å². The van der Waals surface area contributed by atoms with Crippen molar-refractivity contribution in [2.45, 2.75) is 75.1 Å². The molecule has 0 aromatic carbocycles. The Bertz CT molecular complexity index is 895. The van der Waals surface area contributed by atoms with Gasteiger partial charge in [-0.15, -0.1) is 0 Å². The summed E-state index contributed by atoms with van der Waals surface area (Å²) >= 11 is 0. The molecule has 0 spiro atoms. The van der Waals surface area contributed by atoms with Crippen LogP contribution in [0.4, 0.5) is 0 Å². The van der Waals surface area contributed by atoms with E-state index in [2.05, 4.69) is 10.6 Å². The van der Waals surface area contributed by atoms with Crippen molar-refractivity contribution >= 4 is 19.4 Å². The lowest BCUT2D eigenvalue weighted by molar-refractivity contribution is -0.281. The Morgan fingerprint density at radius 3 is 1.53 bits per heavy atom. The summed E-state index contributed by atoms with van der Waals surface area (Å²) in [5.74, 6) is -0.962. The van der Waals surface area contributed by atoms with Crippen LogP contribution in [-0.2, 0) is 51.8 Å². The number of methoxy groups -OCH3 is 1. The summed E-state index contributed by atoms with van der Waals surface area (Å²) in [6.07, 6.45) is -10.2. The van der Waals surface area contributed by atoms with Gasteiger partial charge in [-0.05, 0) is 0 Å². The first kappa shape index (κ1) is 37.8. The number of aliphatic hydroxyl groups excluding tert-OH is 4.